The summed E-state index contributed by atoms with van der Waals surface area (Å²) in [6.07, 6.45) is -5.77. The van der Waals surface area contributed by atoms with E-state index in [9.17, 15) is 25.2 Å². The summed E-state index contributed by atoms with van der Waals surface area (Å²) in [5.74, 6) is 1.10. The predicted molar refractivity (Wildman–Crippen MR) is 156 cm³/mol. The van der Waals surface area contributed by atoms with Gasteiger partial charge in [-0.05, 0) is 50.4 Å². The second-order valence-electron chi connectivity index (χ2n) is 11.9. The van der Waals surface area contributed by atoms with E-state index in [2.05, 4.69) is 15.5 Å². The molecule has 2 aromatic rings. The highest BCUT2D eigenvalue weighted by Crippen LogP contribution is 2.31. The lowest BCUT2D eigenvalue weighted by molar-refractivity contribution is -0.278. The highest BCUT2D eigenvalue weighted by atomic mass is 16.7. The van der Waals surface area contributed by atoms with Gasteiger partial charge in [-0.2, -0.15) is 0 Å². The van der Waals surface area contributed by atoms with Gasteiger partial charge in [0.05, 0.1) is 32.0 Å². The molecule has 0 saturated carbocycles. The van der Waals surface area contributed by atoms with E-state index >= 15 is 0 Å². The van der Waals surface area contributed by atoms with Crippen LogP contribution in [0.3, 0.4) is 0 Å². The van der Waals surface area contributed by atoms with Crippen molar-refractivity contribution in [3.05, 3.63) is 41.1 Å². The Morgan fingerprint density at radius 3 is 2.49 bits per heavy atom. The van der Waals surface area contributed by atoms with Gasteiger partial charge in [-0.15, -0.1) is 5.10 Å². The summed E-state index contributed by atoms with van der Waals surface area (Å²) in [7, 11) is 0. The Bertz CT molecular complexity index is 1160. The minimum atomic E-state index is -1.55. The van der Waals surface area contributed by atoms with Crippen molar-refractivity contribution in [3.63, 3.8) is 0 Å². The second kappa shape index (κ2) is 14.8. The monoisotopic (exact) mass is 606 g/mol. The number of nitrogens with one attached hydrogen (secondary N) is 2. The van der Waals surface area contributed by atoms with Crippen LogP contribution in [0.1, 0.15) is 56.9 Å². The van der Waals surface area contributed by atoms with Gasteiger partial charge < -0.3 is 49.6 Å². The molecule has 2 fully saturated rings. The van der Waals surface area contributed by atoms with Gasteiger partial charge in [0.2, 0.25) is 18.1 Å². The molecule has 0 radical (unpaired) electrons. The molecule has 5 atom stereocenters. The number of benzene rings is 1. The van der Waals surface area contributed by atoms with Crippen molar-refractivity contribution in [2.45, 2.75) is 82.7 Å². The number of aliphatic hydroxyl groups excluding tert-OH is 4. The number of aromatic nitrogens is 2. The molecule has 1 aromatic heterocycles. The summed E-state index contributed by atoms with van der Waals surface area (Å²) < 4.78 is 22.6. The van der Waals surface area contributed by atoms with Crippen molar-refractivity contribution < 1.29 is 44.2 Å². The quantitative estimate of drug-likeness (QED) is 0.173. The highest BCUT2D eigenvalue weighted by molar-refractivity contribution is 5.85. The fraction of sp³-hybridized carbons (Fsp3) is 0.667. The molecule has 1 amide bonds. The second-order valence-corrected chi connectivity index (χ2v) is 11.9. The van der Waals surface area contributed by atoms with E-state index in [1.807, 2.05) is 56.9 Å². The molecule has 0 aliphatic carbocycles. The topological polar surface area (TPSA) is 179 Å². The number of rotatable bonds is 13. The minimum Gasteiger partial charge on any atom is -0.494 e. The van der Waals surface area contributed by atoms with Crippen LogP contribution < -0.4 is 14.8 Å². The number of nitrogens with zero attached hydrogens (tertiary/aromatic N) is 2. The van der Waals surface area contributed by atoms with E-state index in [1.165, 1.54) is 0 Å². The molecule has 6 N–H and O–H groups in total. The summed E-state index contributed by atoms with van der Waals surface area (Å²) in [6.45, 7) is 10.8. The Labute approximate surface area is 252 Å². The third-order valence-electron chi connectivity index (χ3n) is 7.81. The maximum absolute atomic E-state index is 12.8. The third kappa shape index (κ3) is 8.24. The van der Waals surface area contributed by atoms with E-state index in [0.717, 1.165) is 29.0 Å². The van der Waals surface area contributed by atoms with Gasteiger partial charge in [-0.1, -0.05) is 26.0 Å². The van der Waals surface area contributed by atoms with Gasteiger partial charge in [-0.25, -0.2) is 0 Å². The summed E-state index contributed by atoms with van der Waals surface area (Å²) in [5, 5.41) is 50.7. The van der Waals surface area contributed by atoms with Crippen molar-refractivity contribution in [2.24, 2.45) is 0 Å². The summed E-state index contributed by atoms with van der Waals surface area (Å²) >= 11 is 0. The Kier molecular flexibility index (Phi) is 11.4. The average Bonchev–Trinajstić information content (AvgIpc) is 3.40. The third-order valence-corrected chi connectivity index (χ3v) is 7.81. The van der Waals surface area contributed by atoms with Gasteiger partial charge in [0, 0.05) is 30.8 Å². The van der Waals surface area contributed by atoms with Crippen LogP contribution in [0.15, 0.2) is 24.3 Å². The van der Waals surface area contributed by atoms with E-state index in [1.54, 1.807) is 0 Å². The Morgan fingerprint density at radius 2 is 1.84 bits per heavy atom. The number of morpholine rings is 1. The fourth-order valence-electron chi connectivity index (χ4n) is 5.19. The van der Waals surface area contributed by atoms with E-state index in [-0.39, 0.29) is 17.7 Å². The Balaban J connectivity index is 1.30. The number of ether oxygens (including phenoxy) is 4. The summed E-state index contributed by atoms with van der Waals surface area (Å²) in [6, 6.07) is 7.68. The van der Waals surface area contributed by atoms with Crippen LogP contribution >= 0.6 is 0 Å². The van der Waals surface area contributed by atoms with Crippen LogP contribution in [0.4, 0.5) is 0 Å². The zero-order valence-corrected chi connectivity index (χ0v) is 25.4. The van der Waals surface area contributed by atoms with Gasteiger partial charge in [0.25, 0.3) is 0 Å². The summed E-state index contributed by atoms with van der Waals surface area (Å²) in [5.41, 5.74) is 1.93. The maximum Gasteiger partial charge on any atom is 0.242 e. The smallest absolute Gasteiger partial charge is 0.242 e. The normalized spacial score (nSPS) is 24.8. The van der Waals surface area contributed by atoms with Crippen molar-refractivity contribution in [1.29, 1.82) is 0 Å². The number of amides is 1. The first-order chi connectivity index (χ1) is 20.5. The maximum atomic E-state index is 12.8. The molecule has 2 aliphatic heterocycles. The van der Waals surface area contributed by atoms with E-state index < -0.39 is 42.9 Å². The molecular weight excluding hydrogens is 560 g/mol. The molecule has 0 unspecified atom stereocenters. The molecule has 1 aromatic carbocycles. The lowest BCUT2D eigenvalue weighted by Gasteiger charge is -2.39. The van der Waals surface area contributed by atoms with Crippen LogP contribution in [-0.2, 0) is 20.7 Å². The van der Waals surface area contributed by atoms with E-state index in [0.29, 0.717) is 45.9 Å². The lowest BCUT2D eigenvalue weighted by Crippen LogP contribution is -2.60. The molecule has 4 rings (SSSR count). The number of H-pyrrole nitrogens is 1. The zero-order valence-electron chi connectivity index (χ0n) is 25.4. The number of aliphatic hydroxyl groups is 4. The van der Waals surface area contributed by atoms with Crippen molar-refractivity contribution in [3.8, 4) is 11.6 Å². The number of hydrogen-bond acceptors (Lipinski definition) is 11. The van der Waals surface area contributed by atoms with Crippen LogP contribution in [0.5, 0.6) is 11.6 Å². The van der Waals surface area contributed by atoms with Crippen LogP contribution in [0.25, 0.3) is 0 Å². The molecule has 3 heterocycles. The number of hydrogen-bond donors (Lipinski definition) is 6. The molecule has 13 heteroatoms. The number of carbonyl (C=O) groups is 1. The number of carbonyl (C=O) groups excluding carboxylic acids is 1. The highest BCUT2D eigenvalue weighted by Gasteiger charge is 2.45. The standard InChI is InChI=1S/C30H46N4O9/c1-18(2)23-21(27(33-32-23)43-28-26(38)25(37)24(36)22(17-35)42-28)16-19-6-8-20(9-7-19)41-13-5-10-31-30(3,4)29(39)34-11-14-40-15-12-34/h6-9,18,22,24-26,28,31,35-38H,5,10-17H2,1-4H3,(H,32,33)/t22-,24-,25+,26-,28+/m1/s1. The molecule has 0 bridgehead atoms. The molecule has 43 heavy (non-hydrogen) atoms. The van der Waals surface area contributed by atoms with Crippen LogP contribution in [0, 0.1) is 0 Å². The van der Waals surface area contributed by atoms with Gasteiger partial charge in [-0.3, -0.25) is 9.89 Å². The fourth-order valence-corrected chi connectivity index (χ4v) is 5.19. The molecule has 2 saturated heterocycles. The average molecular weight is 607 g/mol. The molecular formula is C30H46N4O9. The van der Waals surface area contributed by atoms with Crippen LogP contribution in [-0.4, -0.2) is 124 Å². The van der Waals surface area contributed by atoms with Crippen molar-refractivity contribution in [2.75, 3.05) is 46.1 Å². The molecule has 240 valence electrons. The van der Waals surface area contributed by atoms with Gasteiger partial charge >= 0.3 is 0 Å². The first-order valence-corrected chi connectivity index (χ1v) is 14.9. The van der Waals surface area contributed by atoms with Gasteiger partial charge in [0.15, 0.2) is 0 Å². The lowest BCUT2D eigenvalue weighted by atomic mass is 9.98. The minimum absolute atomic E-state index is 0.0762. The molecule has 13 nitrogen and oxygen atoms in total. The Hall–Kier alpha value is -2.78. The van der Waals surface area contributed by atoms with Crippen molar-refractivity contribution in [1.82, 2.24) is 20.4 Å². The number of aromatic amines is 1. The van der Waals surface area contributed by atoms with Gasteiger partial charge in [0.1, 0.15) is 30.2 Å². The van der Waals surface area contributed by atoms with E-state index in [4.69, 9.17) is 18.9 Å². The zero-order chi connectivity index (χ0) is 31.1. The Morgan fingerprint density at radius 1 is 1.14 bits per heavy atom. The van der Waals surface area contributed by atoms with Crippen molar-refractivity contribution >= 4 is 5.91 Å². The van der Waals surface area contributed by atoms with Crippen LogP contribution in [0.2, 0.25) is 0 Å². The predicted octanol–water partition coefficient (Wildman–Crippen LogP) is 0.299. The summed E-state index contributed by atoms with van der Waals surface area (Å²) in [4.78, 5) is 14.7. The first-order valence-electron chi connectivity index (χ1n) is 14.9. The largest absolute Gasteiger partial charge is 0.494 e. The molecule has 2 aliphatic rings. The molecule has 0 spiro atoms. The SMILES string of the molecule is CC(C)c1[nH]nc(O[C@@H]2O[C@H](CO)[C@@H](O)[C@H](O)[C@H]2O)c1Cc1ccc(OCCCNC(C)(C)C(=O)N2CCOCC2)cc1. The first kappa shape index (κ1) is 33.1.